The van der Waals surface area contributed by atoms with E-state index in [1.54, 1.807) is 16.7 Å². The number of nitrogens with zero attached hydrogens (tertiary/aromatic N) is 6. The Labute approximate surface area is 225 Å². The Morgan fingerprint density at radius 1 is 1.11 bits per heavy atom. The van der Waals surface area contributed by atoms with Crippen LogP contribution in [0.5, 0.6) is 0 Å². The first-order valence-corrected chi connectivity index (χ1v) is 13.8. The number of fused-ring (bicyclic) bond motifs is 1. The van der Waals surface area contributed by atoms with Gasteiger partial charge in [-0.25, -0.2) is 9.37 Å². The van der Waals surface area contributed by atoms with Crippen molar-refractivity contribution in [1.29, 1.82) is 5.26 Å². The van der Waals surface area contributed by atoms with Gasteiger partial charge in [-0.3, -0.25) is 9.69 Å². The molecule has 2 aromatic carbocycles. The summed E-state index contributed by atoms with van der Waals surface area (Å²) in [4.78, 5) is 25.4. The van der Waals surface area contributed by atoms with Crippen LogP contribution in [0.15, 0.2) is 53.5 Å². The van der Waals surface area contributed by atoms with E-state index in [0.29, 0.717) is 33.2 Å². The Kier molecular flexibility index (Phi) is 6.38. The van der Waals surface area contributed by atoms with E-state index in [4.69, 9.17) is 4.98 Å². The first kappa shape index (κ1) is 24.6. The number of rotatable bonds is 6. The number of piperazine rings is 1. The molecule has 0 atom stereocenters. The monoisotopic (exact) mass is 528 g/mol. The molecule has 6 rings (SSSR count). The zero-order valence-electron chi connectivity index (χ0n) is 21.5. The van der Waals surface area contributed by atoms with Crippen molar-refractivity contribution in [2.45, 2.75) is 32.4 Å². The first-order valence-electron chi connectivity index (χ1n) is 13.0. The quantitative estimate of drug-likeness (QED) is 0.342. The normalized spacial score (nSPS) is 16.1. The molecule has 38 heavy (non-hydrogen) atoms. The third kappa shape index (κ3) is 4.44. The summed E-state index contributed by atoms with van der Waals surface area (Å²) < 4.78 is 15.2. The Morgan fingerprint density at radius 2 is 1.84 bits per heavy atom. The average molecular weight is 529 g/mol. The molecule has 0 bridgehead atoms. The second kappa shape index (κ2) is 9.86. The Balaban J connectivity index is 1.40. The number of anilines is 3. The molecule has 1 saturated carbocycles. The van der Waals surface area contributed by atoms with Crippen molar-refractivity contribution in [2.24, 2.45) is 0 Å². The molecule has 2 aliphatic rings. The molecule has 4 aromatic rings. The second-order valence-electron chi connectivity index (χ2n) is 9.94. The number of halogens is 1. The third-order valence-corrected chi connectivity index (χ3v) is 8.65. The van der Waals surface area contributed by atoms with Gasteiger partial charge in [0.2, 0.25) is 0 Å². The fourth-order valence-electron chi connectivity index (χ4n) is 5.28. The minimum absolute atomic E-state index is 0.0198. The summed E-state index contributed by atoms with van der Waals surface area (Å²) in [5.74, 6) is -0.335. The topological polar surface area (TPSA) is 68.4 Å². The standard InChI is InChI=1S/C29H29FN6OS/c1-3-34-18-25(33(2)29-32-27(26(17-31)38-29)19-4-6-20(30)7-5-19)24-16-22(10-11-23(24)28(34)37)36-14-12-35(13-15-36)21-8-9-21/h4-7,10-11,16,18,21H,3,8-9,12-15H2,1-2H3. The number of hydrogen-bond donors (Lipinski definition) is 0. The maximum Gasteiger partial charge on any atom is 0.258 e. The van der Waals surface area contributed by atoms with E-state index in [9.17, 15) is 14.4 Å². The van der Waals surface area contributed by atoms with Crippen LogP contribution in [0, 0.1) is 17.1 Å². The molecule has 2 aromatic heterocycles. The third-order valence-electron chi connectivity index (χ3n) is 7.62. The van der Waals surface area contributed by atoms with Gasteiger partial charge in [0.15, 0.2) is 5.13 Å². The van der Waals surface area contributed by atoms with Crippen molar-refractivity contribution in [3.8, 4) is 17.3 Å². The van der Waals surface area contributed by atoms with Gasteiger partial charge in [0.1, 0.15) is 22.5 Å². The Morgan fingerprint density at radius 3 is 2.50 bits per heavy atom. The van der Waals surface area contributed by atoms with E-state index < -0.39 is 0 Å². The van der Waals surface area contributed by atoms with Crippen LogP contribution in [-0.4, -0.2) is 53.7 Å². The molecule has 0 unspecified atom stereocenters. The lowest BCUT2D eigenvalue weighted by atomic mass is 10.1. The van der Waals surface area contributed by atoms with Gasteiger partial charge in [-0.05, 0) is 62.2 Å². The van der Waals surface area contributed by atoms with Crippen LogP contribution in [0.2, 0.25) is 0 Å². The molecule has 7 nitrogen and oxygen atoms in total. The summed E-state index contributed by atoms with van der Waals surface area (Å²) in [5, 5.41) is 12.0. The summed E-state index contributed by atoms with van der Waals surface area (Å²) >= 11 is 1.29. The fourth-order valence-corrected chi connectivity index (χ4v) is 6.14. The summed E-state index contributed by atoms with van der Waals surface area (Å²) in [5.41, 5.74) is 3.16. The van der Waals surface area contributed by atoms with Crippen molar-refractivity contribution < 1.29 is 4.39 Å². The van der Waals surface area contributed by atoms with Crippen LogP contribution in [0.1, 0.15) is 24.6 Å². The van der Waals surface area contributed by atoms with Gasteiger partial charge >= 0.3 is 0 Å². The predicted molar refractivity (Wildman–Crippen MR) is 151 cm³/mol. The number of aryl methyl sites for hydroxylation is 1. The molecule has 0 amide bonds. The summed E-state index contributed by atoms with van der Waals surface area (Å²) in [6, 6.07) is 15.2. The molecular formula is C29H29FN6OS. The minimum Gasteiger partial charge on any atom is -0.369 e. The molecular weight excluding hydrogens is 499 g/mol. The number of benzene rings is 2. The van der Waals surface area contributed by atoms with Gasteiger partial charge in [-0.15, -0.1) is 0 Å². The maximum absolute atomic E-state index is 13.5. The van der Waals surface area contributed by atoms with Gasteiger partial charge in [0, 0.05) is 74.0 Å². The van der Waals surface area contributed by atoms with Crippen molar-refractivity contribution in [1.82, 2.24) is 14.5 Å². The predicted octanol–water partition coefficient (Wildman–Crippen LogP) is 5.21. The number of aromatic nitrogens is 2. The van der Waals surface area contributed by atoms with E-state index in [-0.39, 0.29) is 11.4 Å². The average Bonchev–Trinajstić information content (AvgIpc) is 3.72. The Hall–Kier alpha value is -3.74. The lowest BCUT2D eigenvalue weighted by molar-refractivity contribution is 0.248. The molecule has 1 aliphatic carbocycles. The molecule has 2 fully saturated rings. The zero-order chi connectivity index (χ0) is 26.4. The van der Waals surface area contributed by atoms with Crippen LogP contribution in [0.4, 0.5) is 20.9 Å². The van der Waals surface area contributed by atoms with Crippen LogP contribution < -0.4 is 15.4 Å². The van der Waals surface area contributed by atoms with Crippen molar-refractivity contribution >= 4 is 38.6 Å². The molecule has 0 spiro atoms. The maximum atomic E-state index is 13.5. The largest absolute Gasteiger partial charge is 0.369 e. The van der Waals surface area contributed by atoms with Crippen molar-refractivity contribution in [2.75, 3.05) is 43.0 Å². The van der Waals surface area contributed by atoms with Gasteiger partial charge in [-0.2, -0.15) is 5.26 Å². The fraction of sp³-hybridized carbons (Fsp3) is 0.345. The molecule has 1 aliphatic heterocycles. The highest BCUT2D eigenvalue weighted by atomic mass is 32.1. The molecule has 0 radical (unpaired) electrons. The van der Waals surface area contributed by atoms with E-state index in [1.165, 1.54) is 36.3 Å². The van der Waals surface area contributed by atoms with Crippen LogP contribution in [0.3, 0.4) is 0 Å². The smallest absolute Gasteiger partial charge is 0.258 e. The second-order valence-corrected chi connectivity index (χ2v) is 10.9. The van der Waals surface area contributed by atoms with Crippen LogP contribution >= 0.6 is 11.3 Å². The van der Waals surface area contributed by atoms with Crippen LogP contribution in [-0.2, 0) is 6.54 Å². The summed E-state index contributed by atoms with van der Waals surface area (Å²) in [6.07, 6.45) is 4.52. The van der Waals surface area contributed by atoms with Gasteiger partial charge in [0.05, 0.1) is 5.69 Å². The van der Waals surface area contributed by atoms with Crippen molar-refractivity contribution in [3.63, 3.8) is 0 Å². The molecule has 1 saturated heterocycles. The lowest BCUT2D eigenvalue weighted by Gasteiger charge is -2.36. The molecule has 9 heteroatoms. The molecule has 3 heterocycles. The highest BCUT2D eigenvalue weighted by Crippen LogP contribution is 2.38. The number of hydrogen-bond acceptors (Lipinski definition) is 7. The Bertz CT molecular complexity index is 1590. The van der Waals surface area contributed by atoms with E-state index in [0.717, 1.165) is 49.0 Å². The van der Waals surface area contributed by atoms with Gasteiger partial charge in [0.25, 0.3) is 5.56 Å². The summed E-state index contributed by atoms with van der Waals surface area (Å²) in [7, 11) is 1.91. The molecule has 0 N–H and O–H groups in total. The number of thiazole rings is 1. The zero-order valence-corrected chi connectivity index (χ0v) is 22.3. The van der Waals surface area contributed by atoms with Crippen molar-refractivity contribution in [3.05, 3.63) is 69.7 Å². The summed E-state index contributed by atoms with van der Waals surface area (Å²) in [6.45, 7) is 6.57. The number of pyridine rings is 1. The van der Waals surface area contributed by atoms with Crippen LogP contribution in [0.25, 0.3) is 22.0 Å². The lowest BCUT2D eigenvalue weighted by Crippen LogP contribution is -2.47. The first-order chi connectivity index (χ1) is 18.5. The highest BCUT2D eigenvalue weighted by Gasteiger charge is 2.31. The number of nitriles is 1. The molecule has 194 valence electrons. The SMILES string of the molecule is CCn1cc(N(C)c2nc(-c3ccc(F)cc3)c(C#N)s2)c2cc(N3CCN(C4CC4)CC3)ccc2c1=O. The van der Waals surface area contributed by atoms with E-state index in [1.807, 2.05) is 31.1 Å². The van der Waals surface area contributed by atoms with Gasteiger partial charge in [-0.1, -0.05) is 11.3 Å². The minimum atomic E-state index is -0.335. The van der Waals surface area contributed by atoms with E-state index in [2.05, 4.69) is 28.0 Å². The van der Waals surface area contributed by atoms with Gasteiger partial charge < -0.3 is 14.4 Å². The van der Waals surface area contributed by atoms with E-state index >= 15 is 0 Å². The highest BCUT2D eigenvalue weighted by molar-refractivity contribution is 7.16.